The average Bonchev–Trinajstić information content (AvgIpc) is 2.93. The minimum Gasteiger partial charge on any atom is -0.383 e. The Morgan fingerprint density at radius 3 is 2.81 bits per heavy atom. The zero-order chi connectivity index (χ0) is 15.2. The predicted molar refractivity (Wildman–Crippen MR) is 88.9 cm³/mol. The number of nitrogens with one attached hydrogen (secondary N) is 1. The summed E-state index contributed by atoms with van der Waals surface area (Å²) in [6.45, 7) is 6.64. The van der Waals surface area contributed by atoms with Crippen LogP contribution >= 0.6 is 15.9 Å². The van der Waals surface area contributed by atoms with E-state index in [1.54, 1.807) is 7.11 Å². The molecule has 0 unspecified atom stereocenters. The minimum atomic E-state index is 0.435. The molecule has 0 radical (unpaired) electrons. The van der Waals surface area contributed by atoms with E-state index >= 15 is 0 Å². The van der Waals surface area contributed by atoms with E-state index in [-0.39, 0.29) is 0 Å². The molecule has 1 heterocycles. The summed E-state index contributed by atoms with van der Waals surface area (Å²) in [5.41, 5.74) is 3.42. The fraction of sp³-hybridized carbons (Fsp3) is 0.438. The minimum absolute atomic E-state index is 0.435. The van der Waals surface area contributed by atoms with Crippen LogP contribution < -0.4 is 5.32 Å². The lowest BCUT2D eigenvalue weighted by atomic mass is 10.1. The van der Waals surface area contributed by atoms with Gasteiger partial charge < -0.3 is 10.1 Å². The van der Waals surface area contributed by atoms with Crippen LogP contribution in [0.3, 0.4) is 0 Å². The van der Waals surface area contributed by atoms with Crippen LogP contribution in [0.1, 0.15) is 31.0 Å². The highest BCUT2D eigenvalue weighted by molar-refractivity contribution is 9.10. The van der Waals surface area contributed by atoms with Crippen LogP contribution in [0.2, 0.25) is 0 Å². The van der Waals surface area contributed by atoms with E-state index in [1.165, 1.54) is 5.56 Å². The number of rotatable bonds is 7. The van der Waals surface area contributed by atoms with E-state index in [1.807, 2.05) is 16.9 Å². The number of benzene rings is 1. The van der Waals surface area contributed by atoms with E-state index in [2.05, 4.69) is 58.4 Å². The Kier molecular flexibility index (Phi) is 5.96. The SMILES string of the molecule is COCCNCc1cc(Br)ccc1-n1ccc(C(C)C)n1. The second-order valence-corrected chi connectivity index (χ2v) is 6.20. The normalized spacial score (nSPS) is 11.3. The first-order valence-corrected chi connectivity index (χ1v) is 7.95. The molecule has 0 bridgehead atoms. The van der Waals surface area contributed by atoms with Crippen LogP contribution in [0.5, 0.6) is 0 Å². The lowest BCUT2D eigenvalue weighted by molar-refractivity contribution is 0.199. The third-order valence-corrected chi connectivity index (χ3v) is 3.78. The van der Waals surface area contributed by atoms with Gasteiger partial charge in [-0.25, -0.2) is 4.68 Å². The number of nitrogens with zero attached hydrogens (tertiary/aromatic N) is 2. The first-order valence-electron chi connectivity index (χ1n) is 7.16. The van der Waals surface area contributed by atoms with Gasteiger partial charge in [0.25, 0.3) is 0 Å². The molecular weight excluding hydrogens is 330 g/mol. The van der Waals surface area contributed by atoms with E-state index in [9.17, 15) is 0 Å². The number of aromatic nitrogens is 2. The van der Waals surface area contributed by atoms with E-state index in [4.69, 9.17) is 4.74 Å². The lowest BCUT2D eigenvalue weighted by Gasteiger charge is -2.11. The molecule has 0 fully saturated rings. The van der Waals surface area contributed by atoms with Crippen molar-refractivity contribution in [2.75, 3.05) is 20.3 Å². The van der Waals surface area contributed by atoms with Gasteiger partial charge in [0.2, 0.25) is 0 Å². The summed E-state index contributed by atoms with van der Waals surface area (Å²) in [6, 6.07) is 8.35. The Balaban J connectivity index is 2.20. The van der Waals surface area contributed by atoms with Gasteiger partial charge in [-0.15, -0.1) is 0 Å². The topological polar surface area (TPSA) is 39.1 Å². The Morgan fingerprint density at radius 1 is 1.33 bits per heavy atom. The summed E-state index contributed by atoms with van der Waals surface area (Å²) in [6.07, 6.45) is 2.03. The van der Waals surface area contributed by atoms with Gasteiger partial charge in [-0.3, -0.25) is 0 Å². The molecule has 0 atom stereocenters. The highest BCUT2D eigenvalue weighted by Gasteiger charge is 2.09. The molecule has 4 nitrogen and oxygen atoms in total. The molecule has 0 saturated heterocycles. The summed E-state index contributed by atoms with van der Waals surface area (Å²) in [4.78, 5) is 0. The molecule has 5 heteroatoms. The Labute approximate surface area is 134 Å². The number of ether oxygens (including phenoxy) is 1. The Morgan fingerprint density at radius 2 is 2.14 bits per heavy atom. The van der Waals surface area contributed by atoms with Crippen molar-refractivity contribution in [2.45, 2.75) is 26.3 Å². The number of hydrogen-bond acceptors (Lipinski definition) is 3. The van der Waals surface area contributed by atoms with Crippen molar-refractivity contribution >= 4 is 15.9 Å². The monoisotopic (exact) mass is 351 g/mol. The fourth-order valence-corrected chi connectivity index (χ4v) is 2.51. The summed E-state index contributed by atoms with van der Waals surface area (Å²) in [5, 5.41) is 8.05. The number of hydrogen-bond donors (Lipinski definition) is 1. The zero-order valence-corrected chi connectivity index (χ0v) is 14.4. The third kappa shape index (κ3) is 4.40. The van der Waals surface area contributed by atoms with Crippen LogP contribution in [0.25, 0.3) is 5.69 Å². The van der Waals surface area contributed by atoms with Crippen LogP contribution in [-0.4, -0.2) is 30.0 Å². The maximum absolute atomic E-state index is 5.06. The van der Waals surface area contributed by atoms with E-state index in [0.717, 1.165) is 28.9 Å². The molecule has 2 rings (SSSR count). The van der Waals surface area contributed by atoms with Gasteiger partial charge in [-0.1, -0.05) is 29.8 Å². The number of methoxy groups -OCH3 is 1. The largest absolute Gasteiger partial charge is 0.383 e. The second kappa shape index (κ2) is 7.73. The smallest absolute Gasteiger partial charge is 0.0691 e. The third-order valence-electron chi connectivity index (χ3n) is 3.29. The van der Waals surface area contributed by atoms with E-state index in [0.29, 0.717) is 12.5 Å². The average molecular weight is 352 g/mol. The summed E-state index contributed by atoms with van der Waals surface area (Å²) in [5.74, 6) is 0.435. The summed E-state index contributed by atoms with van der Waals surface area (Å²) >= 11 is 3.54. The van der Waals surface area contributed by atoms with Gasteiger partial charge in [0.05, 0.1) is 18.0 Å². The fourth-order valence-electron chi connectivity index (χ4n) is 2.10. The van der Waals surface area contributed by atoms with Crippen LogP contribution in [0, 0.1) is 0 Å². The summed E-state index contributed by atoms with van der Waals surface area (Å²) < 4.78 is 8.09. The van der Waals surface area contributed by atoms with Crippen molar-refractivity contribution in [3.63, 3.8) is 0 Å². The maximum atomic E-state index is 5.06. The molecule has 1 aromatic carbocycles. The van der Waals surface area contributed by atoms with Gasteiger partial charge in [0.1, 0.15) is 0 Å². The first kappa shape index (κ1) is 16.2. The van der Waals surface area contributed by atoms with Crippen LogP contribution in [0.4, 0.5) is 0 Å². The predicted octanol–water partition coefficient (Wildman–Crippen LogP) is 3.49. The van der Waals surface area contributed by atoms with E-state index < -0.39 is 0 Å². The van der Waals surface area contributed by atoms with Crippen molar-refractivity contribution in [1.82, 2.24) is 15.1 Å². The molecule has 1 aromatic heterocycles. The van der Waals surface area contributed by atoms with Crippen molar-refractivity contribution in [3.05, 3.63) is 46.2 Å². The Bertz CT molecular complexity index is 581. The summed E-state index contributed by atoms with van der Waals surface area (Å²) in [7, 11) is 1.71. The molecule has 0 saturated carbocycles. The molecule has 2 aromatic rings. The van der Waals surface area contributed by atoms with Gasteiger partial charge >= 0.3 is 0 Å². The van der Waals surface area contributed by atoms with Crippen molar-refractivity contribution < 1.29 is 4.74 Å². The first-order chi connectivity index (χ1) is 10.1. The maximum Gasteiger partial charge on any atom is 0.0691 e. The lowest BCUT2D eigenvalue weighted by Crippen LogP contribution is -2.19. The Hall–Kier alpha value is -1.17. The van der Waals surface area contributed by atoms with Crippen molar-refractivity contribution in [2.24, 2.45) is 0 Å². The quantitative estimate of drug-likeness (QED) is 0.776. The second-order valence-electron chi connectivity index (χ2n) is 5.28. The standard InChI is InChI=1S/C16H22BrN3O/c1-12(2)15-6-8-20(19-15)16-5-4-14(17)10-13(16)11-18-7-9-21-3/h4-6,8,10,12,18H,7,9,11H2,1-3H3. The van der Waals surface area contributed by atoms with Gasteiger partial charge in [-0.2, -0.15) is 5.10 Å². The van der Waals surface area contributed by atoms with Gasteiger partial charge in [-0.05, 0) is 35.7 Å². The molecule has 0 amide bonds. The van der Waals surface area contributed by atoms with Crippen LogP contribution in [0.15, 0.2) is 34.9 Å². The highest BCUT2D eigenvalue weighted by Crippen LogP contribution is 2.21. The van der Waals surface area contributed by atoms with Crippen LogP contribution in [-0.2, 0) is 11.3 Å². The van der Waals surface area contributed by atoms with Gasteiger partial charge in [0.15, 0.2) is 0 Å². The number of halogens is 1. The molecule has 21 heavy (non-hydrogen) atoms. The molecular formula is C16H22BrN3O. The zero-order valence-electron chi connectivity index (χ0n) is 12.8. The molecule has 1 N–H and O–H groups in total. The molecule has 114 valence electrons. The van der Waals surface area contributed by atoms with Crippen molar-refractivity contribution in [3.8, 4) is 5.69 Å². The molecule has 0 aliphatic heterocycles. The molecule has 0 spiro atoms. The van der Waals surface area contributed by atoms with Crippen molar-refractivity contribution in [1.29, 1.82) is 0 Å². The highest BCUT2D eigenvalue weighted by atomic mass is 79.9. The molecule has 0 aliphatic carbocycles. The molecule has 0 aliphatic rings. The van der Waals surface area contributed by atoms with Gasteiger partial charge in [0, 0.05) is 30.9 Å².